The molecule has 0 fully saturated rings. The second-order valence-corrected chi connectivity index (χ2v) is 4.67. The lowest BCUT2D eigenvalue weighted by Crippen LogP contribution is -2.08. The van der Waals surface area contributed by atoms with Gasteiger partial charge in [0.15, 0.2) is 0 Å². The highest BCUT2D eigenvalue weighted by Crippen LogP contribution is 2.44. The third kappa shape index (κ3) is 1.81. The van der Waals surface area contributed by atoms with Crippen LogP contribution in [0.15, 0.2) is 48.5 Å². The van der Waals surface area contributed by atoms with Crippen molar-refractivity contribution in [3.05, 3.63) is 59.7 Å². The van der Waals surface area contributed by atoms with Gasteiger partial charge in [0.2, 0.25) is 0 Å². The van der Waals surface area contributed by atoms with Gasteiger partial charge in [-0.25, -0.2) is 4.79 Å². The SMILES string of the molecule is O=C(S)OCC1c2ccccc2-c2ccccc21. The second kappa shape index (κ2) is 4.50. The first kappa shape index (κ1) is 11.4. The second-order valence-electron chi connectivity index (χ2n) is 4.30. The Morgan fingerprint density at radius 1 is 1.00 bits per heavy atom. The number of fused-ring (bicyclic) bond motifs is 3. The van der Waals surface area contributed by atoms with Gasteiger partial charge in [0.1, 0.15) is 6.61 Å². The predicted octanol–water partition coefficient (Wildman–Crippen LogP) is 3.87. The number of carbonyl (C=O) groups excluding carboxylic acids is 1. The summed E-state index contributed by atoms with van der Waals surface area (Å²) in [5, 5.41) is -0.531. The molecule has 0 N–H and O–H groups in total. The smallest absolute Gasteiger partial charge is 0.364 e. The standard InChI is InChI=1S/C15H12O2S/c16-15(18)17-9-14-12-7-3-1-5-10(12)11-6-2-4-8-13(11)14/h1-8,14H,9H2,(H,16,18). The highest BCUT2D eigenvalue weighted by Gasteiger charge is 2.28. The molecule has 0 spiro atoms. The van der Waals surface area contributed by atoms with Crippen molar-refractivity contribution in [2.45, 2.75) is 5.92 Å². The Labute approximate surface area is 111 Å². The molecule has 3 rings (SSSR count). The van der Waals surface area contributed by atoms with Crippen LogP contribution < -0.4 is 0 Å². The maximum atomic E-state index is 10.9. The highest BCUT2D eigenvalue weighted by atomic mass is 32.1. The van der Waals surface area contributed by atoms with Crippen LogP contribution in [-0.2, 0) is 4.74 Å². The minimum Gasteiger partial charge on any atom is -0.457 e. The first-order valence-corrected chi connectivity index (χ1v) is 6.26. The molecule has 0 amide bonds. The number of thiol groups is 1. The van der Waals surface area contributed by atoms with Crippen LogP contribution in [0.25, 0.3) is 11.1 Å². The quantitative estimate of drug-likeness (QED) is 0.652. The van der Waals surface area contributed by atoms with Crippen LogP contribution in [0.4, 0.5) is 4.79 Å². The molecule has 0 bridgehead atoms. The molecular weight excluding hydrogens is 244 g/mol. The van der Waals surface area contributed by atoms with Crippen molar-refractivity contribution in [2.75, 3.05) is 6.61 Å². The number of hydrogen-bond donors (Lipinski definition) is 1. The fourth-order valence-corrected chi connectivity index (χ4v) is 2.67. The molecule has 3 heteroatoms. The lowest BCUT2D eigenvalue weighted by atomic mass is 9.98. The van der Waals surface area contributed by atoms with Crippen LogP contribution in [0.1, 0.15) is 17.0 Å². The average Bonchev–Trinajstić information content (AvgIpc) is 2.71. The van der Waals surface area contributed by atoms with Gasteiger partial charge in [0, 0.05) is 5.92 Å². The number of hydrogen-bond acceptors (Lipinski definition) is 2. The molecule has 0 unspecified atom stereocenters. The van der Waals surface area contributed by atoms with E-state index in [2.05, 4.69) is 36.9 Å². The molecule has 18 heavy (non-hydrogen) atoms. The molecule has 0 aliphatic heterocycles. The molecule has 2 aromatic carbocycles. The van der Waals surface area contributed by atoms with Crippen molar-refractivity contribution in [2.24, 2.45) is 0 Å². The molecule has 0 saturated heterocycles. The number of carbonyl (C=O) groups is 1. The van der Waals surface area contributed by atoms with E-state index in [1.54, 1.807) is 0 Å². The van der Waals surface area contributed by atoms with E-state index >= 15 is 0 Å². The van der Waals surface area contributed by atoms with E-state index < -0.39 is 5.30 Å². The van der Waals surface area contributed by atoms with E-state index in [4.69, 9.17) is 4.74 Å². The van der Waals surface area contributed by atoms with Crippen LogP contribution in [0.2, 0.25) is 0 Å². The zero-order valence-corrected chi connectivity index (χ0v) is 10.6. The van der Waals surface area contributed by atoms with Gasteiger partial charge in [0.05, 0.1) is 0 Å². The van der Waals surface area contributed by atoms with Crippen molar-refractivity contribution < 1.29 is 9.53 Å². The summed E-state index contributed by atoms with van der Waals surface area (Å²) in [6, 6.07) is 16.5. The Hall–Kier alpha value is -1.74. The third-order valence-corrected chi connectivity index (χ3v) is 3.47. The number of benzene rings is 2. The van der Waals surface area contributed by atoms with Gasteiger partial charge in [-0.1, -0.05) is 61.2 Å². The monoisotopic (exact) mass is 256 g/mol. The number of ether oxygens (including phenoxy) is 1. The minimum atomic E-state index is -0.531. The maximum absolute atomic E-state index is 10.9. The molecule has 0 radical (unpaired) electrons. The van der Waals surface area contributed by atoms with Crippen molar-refractivity contribution in [1.82, 2.24) is 0 Å². The predicted molar refractivity (Wildman–Crippen MR) is 74.1 cm³/mol. The summed E-state index contributed by atoms with van der Waals surface area (Å²) in [6.07, 6.45) is 0. The van der Waals surface area contributed by atoms with Gasteiger partial charge in [-0.05, 0) is 22.3 Å². The largest absolute Gasteiger partial charge is 0.457 e. The summed E-state index contributed by atoms with van der Waals surface area (Å²) in [5.41, 5.74) is 4.89. The average molecular weight is 256 g/mol. The lowest BCUT2D eigenvalue weighted by molar-refractivity contribution is 0.172. The Bertz CT molecular complexity index is 561. The van der Waals surface area contributed by atoms with E-state index in [-0.39, 0.29) is 5.92 Å². The Morgan fingerprint density at radius 3 is 2.00 bits per heavy atom. The van der Waals surface area contributed by atoms with Crippen molar-refractivity contribution in [1.29, 1.82) is 0 Å². The lowest BCUT2D eigenvalue weighted by Gasteiger charge is -2.12. The summed E-state index contributed by atoms with van der Waals surface area (Å²) in [5.74, 6) is 0.119. The van der Waals surface area contributed by atoms with Gasteiger partial charge in [-0.2, -0.15) is 0 Å². The van der Waals surface area contributed by atoms with Crippen LogP contribution in [0.3, 0.4) is 0 Å². The van der Waals surface area contributed by atoms with E-state index in [0.29, 0.717) is 6.61 Å². The van der Waals surface area contributed by atoms with E-state index in [0.717, 1.165) is 0 Å². The Balaban J connectivity index is 2.06. The summed E-state index contributed by atoms with van der Waals surface area (Å²) in [7, 11) is 0. The van der Waals surface area contributed by atoms with E-state index in [1.807, 2.05) is 24.3 Å². The third-order valence-electron chi connectivity index (χ3n) is 3.34. The summed E-state index contributed by atoms with van der Waals surface area (Å²) in [4.78, 5) is 10.9. The van der Waals surface area contributed by atoms with Crippen LogP contribution >= 0.6 is 12.6 Å². The molecule has 0 aromatic heterocycles. The molecular formula is C15H12O2S. The molecule has 90 valence electrons. The highest BCUT2D eigenvalue weighted by molar-refractivity contribution is 7.96. The summed E-state index contributed by atoms with van der Waals surface area (Å²) < 4.78 is 5.06. The fourth-order valence-electron chi connectivity index (χ4n) is 2.59. The summed E-state index contributed by atoms with van der Waals surface area (Å²) >= 11 is 3.65. The first-order chi connectivity index (χ1) is 8.77. The Morgan fingerprint density at radius 2 is 1.50 bits per heavy atom. The minimum absolute atomic E-state index is 0.119. The zero-order valence-electron chi connectivity index (χ0n) is 9.67. The molecule has 0 atom stereocenters. The zero-order chi connectivity index (χ0) is 12.5. The van der Waals surface area contributed by atoms with Gasteiger partial charge < -0.3 is 4.74 Å². The topological polar surface area (TPSA) is 26.3 Å². The van der Waals surface area contributed by atoms with Crippen molar-refractivity contribution >= 4 is 17.9 Å². The first-order valence-electron chi connectivity index (χ1n) is 5.81. The van der Waals surface area contributed by atoms with E-state index in [9.17, 15) is 4.79 Å². The molecule has 1 aliphatic carbocycles. The normalized spacial score (nSPS) is 12.9. The van der Waals surface area contributed by atoms with Gasteiger partial charge in [0.25, 0.3) is 0 Å². The molecule has 0 heterocycles. The summed E-state index contributed by atoms with van der Waals surface area (Å²) in [6.45, 7) is 0.344. The molecule has 1 aliphatic rings. The van der Waals surface area contributed by atoms with Gasteiger partial charge in [-0.3, -0.25) is 0 Å². The van der Waals surface area contributed by atoms with Crippen molar-refractivity contribution in [3.63, 3.8) is 0 Å². The fraction of sp³-hybridized carbons (Fsp3) is 0.133. The van der Waals surface area contributed by atoms with Gasteiger partial charge >= 0.3 is 5.30 Å². The van der Waals surface area contributed by atoms with Gasteiger partial charge in [-0.15, -0.1) is 0 Å². The Kier molecular flexibility index (Phi) is 2.84. The van der Waals surface area contributed by atoms with Crippen LogP contribution in [-0.4, -0.2) is 11.9 Å². The molecule has 2 aromatic rings. The maximum Gasteiger partial charge on any atom is 0.364 e. The van der Waals surface area contributed by atoms with E-state index in [1.165, 1.54) is 22.3 Å². The van der Waals surface area contributed by atoms with Crippen LogP contribution in [0, 0.1) is 0 Å². The van der Waals surface area contributed by atoms with Crippen LogP contribution in [0.5, 0.6) is 0 Å². The molecule has 0 saturated carbocycles. The molecule has 2 nitrogen and oxygen atoms in total. The van der Waals surface area contributed by atoms with Crippen molar-refractivity contribution in [3.8, 4) is 11.1 Å². The number of rotatable bonds is 2.